The third-order valence-corrected chi connectivity index (χ3v) is 7.32. The quantitative estimate of drug-likeness (QED) is 0.373. The van der Waals surface area contributed by atoms with Gasteiger partial charge in [-0.1, -0.05) is 12.1 Å². The van der Waals surface area contributed by atoms with E-state index in [1.165, 1.54) is 29.7 Å². The van der Waals surface area contributed by atoms with Gasteiger partial charge < -0.3 is 10.6 Å². The molecule has 5 rings (SSSR count). The summed E-state index contributed by atoms with van der Waals surface area (Å²) in [5, 5.41) is 7.22. The first kappa shape index (κ1) is 24.4. The number of carbonyl (C=O) groups excluding carboxylic acids is 3. The summed E-state index contributed by atoms with van der Waals surface area (Å²) in [7, 11) is 1.64. The van der Waals surface area contributed by atoms with Crippen molar-refractivity contribution in [1.29, 1.82) is 0 Å². The molecule has 1 aliphatic rings. The minimum absolute atomic E-state index is 0.0882. The van der Waals surface area contributed by atoms with Gasteiger partial charge in [0.25, 0.3) is 11.8 Å². The lowest BCUT2D eigenvalue weighted by atomic mass is 10.0. The molecule has 2 N–H and O–H groups in total. The van der Waals surface area contributed by atoms with Crippen molar-refractivity contribution in [1.82, 2.24) is 9.97 Å². The van der Waals surface area contributed by atoms with Crippen LogP contribution in [0.2, 0.25) is 0 Å². The van der Waals surface area contributed by atoms with E-state index < -0.39 is 17.8 Å². The number of thiophene rings is 1. The van der Waals surface area contributed by atoms with Crippen molar-refractivity contribution >= 4 is 40.6 Å². The van der Waals surface area contributed by atoms with Crippen molar-refractivity contribution in [3.63, 3.8) is 0 Å². The molecule has 0 saturated carbocycles. The molecular formula is C27H23FN5O3S+. The molecule has 1 aromatic carbocycles. The summed E-state index contributed by atoms with van der Waals surface area (Å²) >= 11 is 1.23. The number of likely N-dealkylation sites (N-methyl/N-ethyl adjacent to an activating group) is 1. The van der Waals surface area contributed by atoms with Crippen LogP contribution in [0.15, 0.2) is 78.4 Å². The molecule has 186 valence electrons. The molecule has 2 unspecified atom stereocenters. The number of quaternary nitrogens is 1. The van der Waals surface area contributed by atoms with Gasteiger partial charge in [-0.05, 0) is 53.9 Å². The SMILES string of the molecule is C[N+]1(Cc2ccc(C(=O)Nc3ccccn3)cc2F)C(=O)c2sccc2NC(=O)C1Cc1ccccn1. The maximum Gasteiger partial charge on any atom is 0.358 e. The summed E-state index contributed by atoms with van der Waals surface area (Å²) < 4.78 is 15.0. The second-order valence-electron chi connectivity index (χ2n) is 8.90. The summed E-state index contributed by atoms with van der Waals surface area (Å²) in [6, 6.07) is 15.4. The van der Waals surface area contributed by atoms with Crippen LogP contribution in [0.1, 0.15) is 31.3 Å². The number of pyridine rings is 2. The Morgan fingerprint density at radius 1 is 1.08 bits per heavy atom. The third kappa shape index (κ3) is 4.89. The first-order chi connectivity index (χ1) is 17.8. The largest absolute Gasteiger partial charge is 0.358 e. The number of nitrogens with zero attached hydrogens (tertiary/aromatic N) is 3. The predicted molar refractivity (Wildman–Crippen MR) is 137 cm³/mol. The van der Waals surface area contributed by atoms with Gasteiger partial charge in [0.15, 0.2) is 10.9 Å². The van der Waals surface area contributed by atoms with Gasteiger partial charge in [0.1, 0.15) is 18.2 Å². The van der Waals surface area contributed by atoms with Crippen molar-refractivity contribution in [2.24, 2.45) is 0 Å². The Labute approximate surface area is 216 Å². The van der Waals surface area contributed by atoms with E-state index in [1.807, 2.05) is 6.07 Å². The zero-order valence-corrected chi connectivity index (χ0v) is 20.7. The summed E-state index contributed by atoms with van der Waals surface area (Å²) in [5.41, 5.74) is 1.42. The van der Waals surface area contributed by atoms with Crippen LogP contribution < -0.4 is 10.6 Å². The van der Waals surface area contributed by atoms with Crippen molar-refractivity contribution in [3.8, 4) is 0 Å². The standard InChI is InChI=1S/C27H22FN5O3S/c1-33(16-18-9-8-17(14-20(18)28)25(34)32-23-7-3-5-12-30-23)22(15-19-6-2-4-11-29-19)26(35)31-21-10-13-37-24(21)27(33)36/h2-14,22H,15-16H2,1H3,(H-,30,31,32,34,35,36)/p+1. The molecule has 3 amide bonds. The minimum atomic E-state index is -0.853. The molecule has 0 aliphatic carbocycles. The van der Waals surface area contributed by atoms with Gasteiger partial charge in [0.05, 0.1) is 19.2 Å². The maximum absolute atomic E-state index is 15.4. The van der Waals surface area contributed by atoms with Crippen molar-refractivity contribution < 1.29 is 23.3 Å². The number of hydrogen-bond donors (Lipinski definition) is 2. The summed E-state index contributed by atoms with van der Waals surface area (Å²) in [5.74, 6) is -1.44. The number of hydrogen-bond acceptors (Lipinski definition) is 6. The number of rotatable bonds is 6. The highest BCUT2D eigenvalue weighted by Crippen LogP contribution is 2.34. The van der Waals surface area contributed by atoms with Crippen LogP contribution in [0.3, 0.4) is 0 Å². The zero-order valence-electron chi connectivity index (χ0n) is 19.8. The first-order valence-electron chi connectivity index (χ1n) is 11.5. The van der Waals surface area contributed by atoms with Crippen LogP contribution in [-0.2, 0) is 17.8 Å². The van der Waals surface area contributed by atoms with E-state index in [1.54, 1.807) is 55.0 Å². The Bertz CT molecular complexity index is 1480. The minimum Gasteiger partial charge on any atom is -0.319 e. The molecule has 1 aliphatic heterocycles. The smallest absolute Gasteiger partial charge is 0.319 e. The fourth-order valence-electron chi connectivity index (χ4n) is 4.41. The number of amides is 3. The second kappa shape index (κ2) is 10.00. The molecule has 10 heteroatoms. The highest BCUT2D eigenvalue weighted by molar-refractivity contribution is 7.12. The van der Waals surface area contributed by atoms with Crippen LogP contribution in [0.25, 0.3) is 0 Å². The van der Waals surface area contributed by atoms with E-state index in [-0.39, 0.29) is 40.4 Å². The van der Waals surface area contributed by atoms with Gasteiger partial charge in [-0.25, -0.2) is 18.7 Å². The summed E-state index contributed by atoms with van der Waals surface area (Å²) in [4.78, 5) is 48.6. The Balaban J connectivity index is 1.47. The third-order valence-electron chi connectivity index (χ3n) is 6.42. The number of anilines is 2. The molecule has 8 nitrogen and oxygen atoms in total. The Hall–Kier alpha value is -4.28. The molecule has 0 radical (unpaired) electrons. The van der Waals surface area contributed by atoms with Crippen molar-refractivity contribution in [2.45, 2.75) is 19.0 Å². The monoisotopic (exact) mass is 516 g/mol. The topological polar surface area (TPSA) is 101 Å². The van der Waals surface area contributed by atoms with E-state index in [0.29, 0.717) is 22.1 Å². The molecule has 0 spiro atoms. The fourth-order valence-corrected chi connectivity index (χ4v) is 5.31. The molecule has 4 aromatic rings. The van der Waals surface area contributed by atoms with E-state index in [4.69, 9.17) is 0 Å². The highest BCUT2D eigenvalue weighted by Gasteiger charge is 2.49. The molecule has 3 aromatic heterocycles. The predicted octanol–water partition coefficient (Wildman–Crippen LogP) is 4.28. The molecule has 0 bridgehead atoms. The van der Waals surface area contributed by atoms with Crippen molar-refractivity contribution in [2.75, 3.05) is 17.7 Å². The van der Waals surface area contributed by atoms with E-state index in [0.717, 1.165) is 6.07 Å². The summed E-state index contributed by atoms with van der Waals surface area (Å²) in [6.45, 7) is -0.0882. The number of nitrogens with one attached hydrogen (secondary N) is 2. The van der Waals surface area contributed by atoms with Crippen molar-refractivity contribution in [3.05, 3.63) is 106 Å². The van der Waals surface area contributed by atoms with E-state index in [2.05, 4.69) is 20.6 Å². The van der Waals surface area contributed by atoms with Crippen LogP contribution in [0, 0.1) is 5.82 Å². The molecule has 37 heavy (non-hydrogen) atoms. The summed E-state index contributed by atoms with van der Waals surface area (Å²) in [6.07, 6.45) is 3.36. The number of aromatic nitrogens is 2. The highest BCUT2D eigenvalue weighted by atomic mass is 32.1. The Morgan fingerprint density at radius 2 is 1.86 bits per heavy atom. The Morgan fingerprint density at radius 3 is 2.57 bits per heavy atom. The molecular weight excluding hydrogens is 493 g/mol. The molecule has 0 saturated heterocycles. The van der Waals surface area contributed by atoms with Gasteiger partial charge in [0.2, 0.25) is 0 Å². The first-order valence-corrected chi connectivity index (χ1v) is 12.4. The van der Waals surface area contributed by atoms with Crippen LogP contribution in [0.4, 0.5) is 15.9 Å². The molecule has 4 heterocycles. The van der Waals surface area contributed by atoms with E-state index >= 15 is 4.39 Å². The molecule has 2 atom stereocenters. The van der Waals surface area contributed by atoms with Gasteiger partial charge in [-0.3, -0.25) is 14.6 Å². The lowest BCUT2D eigenvalue weighted by Crippen LogP contribution is -2.59. The number of carbonyl (C=O) groups is 3. The second-order valence-corrected chi connectivity index (χ2v) is 9.82. The van der Waals surface area contributed by atoms with Crippen LogP contribution in [-0.4, -0.2) is 45.3 Å². The zero-order chi connectivity index (χ0) is 26.0. The molecule has 0 fully saturated rings. The average Bonchev–Trinajstić information content (AvgIpc) is 3.34. The normalized spacial score (nSPS) is 19.0. The van der Waals surface area contributed by atoms with Crippen LogP contribution in [0.5, 0.6) is 0 Å². The number of halogens is 1. The average molecular weight is 517 g/mol. The Kier molecular flexibility index (Phi) is 6.60. The van der Waals surface area contributed by atoms with E-state index in [9.17, 15) is 14.4 Å². The van der Waals surface area contributed by atoms with Gasteiger partial charge in [-0.15, -0.1) is 11.3 Å². The lowest BCUT2D eigenvalue weighted by Gasteiger charge is -2.36. The van der Waals surface area contributed by atoms with Gasteiger partial charge in [-0.2, -0.15) is 0 Å². The number of fused-ring (bicyclic) bond motifs is 1. The number of benzene rings is 1. The van der Waals surface area contributed by atoms with Gasteiger partial charge in [0, 0.05) is 29.2 Å². The van der Waals surface area contributed by atoms with Crippen LogP contribution >= 0.6 is 11.3 Å². The fraction of sp³-hybridized carbons (Fsp3) is 0.148. The maximum atomic E-state index is 15.4. The lowest BCUT2D eigenvalue weighted by molar-refractivity contribution is -0.858. The van der Waals surface area contributed by atoms with Gasteiger partial charge >= 0.3 is 5.91 Å².